The van der Waals surface area contributed by atoms with Crippen molar-refractivity contribution in [3.8, 4) is 0 Å². The maximum absolute atomic E-state index is 12.3. The number of hydrogen-bond acceptors (Lipinski definition) is 8. The highest BCUT2D eigenvalue weighted by Crippen LogP contribution is 2.28. The van der Waals surface area contributed by atoms with Crippen LogP contribution in [-0.4, -0.2) is 66.5 Å². The monoisotopic (exact) mass is 604 g/mol. The number of hydrogen-bond donors (Lipinski definition) is 4. The minimum absolute atomic E-state index is 0.217. The summed E-state index contributed by atoms with van der Waals surface area (Å²) in [6.07, 6.45) is -1.04. The van der Waals surface area contributed by atoms with Gasteiger partial charge in [-0.25, -0.2) is 9.59 Å². The second-order valence-corrected chi connectivity index (χ2v) is 13.3. The van der Waals surface area contributed by atoms with Gasteiger partial charge < -0.3 is 30.7 Å². The summed E-state index contributed by atoms with van der Waals surface area (Å²) in [7, 11) is 0. The van der Waals surface area contributed by atoms with Gasteiger partial charge in [0.15, 0.2) is 0 Å². The molecule has 12 heteroatoms. The standard InChI is InChI=1S/C29H40N4O6S2/c1-28(2,3)38-26(36)32-17-15-30-24(34)20-7-11-22(12-8-20)40-19-41-23-13-9-21(10-14-23)25(35)31-16-18-33-27(37)39-29(4,5)6/h7-14H,15-19H2,1-6H3,(H,30,34)(H,31,35)(H,32,36)(H,33,37). The number of carbonyl (C=O) groups is 4. The van der Waals surface area contributed by atoms with Gasteiger partial charge in [0.1, 0.15) is 11.2 Å². The number of carbonyl (C=O) groups excluding carboxylic acids is 4. The first-order valence-corrected chi connectivity index (χ1v) is 15.1. The zero-order valence-corrected chi connectivity index (χ0v) is 26.1. The molecular weight excluding hydrogens is 564 g/mol. The van der Waals surface area contributed by atoms with Gasteiger partial charge >= 0.3 is 12.2 Å². The van der Waals surface area contributed by atoms with E-state index in [1.807, 2.05) is 24.3 Å². The lowest BCUT2D eigenvalue weighted by Crippen LogP contribution is -2.37. The molecule has 2 aromatic carbocycles. The first-order chi connectivity index (χ1) is 19.2. The molecule has 0 aromatic heterocycles. The predicted molar refractivity (Wildman–Crippen MR) is 163 cm³/mol. The van der Waals surface area contributed by atoms with E-state index in [0.29, 0.717) is 11.1 Å². The van der Waals surface area contributed by atoms with E-state index >= 15 is 0 Å². The van der Waals surface area contributed by atoms with Gasteiger partial charge in [-0.1, -0.05) is 0 Å². The van der Waals surface area contributed by atoms with Crippen molar-refractivity contribution in [3.63, 3.8) is 0 Å². The highest BCUT2D eigenvalue weighted by atomic mass is 32.2. The molecule has 0 aliphatic rings. The van der Waals surface area contributed by atoms with Crippen molar-refractivity contribution >= 4 is 47.5 Å². The van der Waals surface area contributed by atoms with Gasteiger partial charge in [-0.2, -0.15) is 0 Å². The van der Waals surface area contributed by atoms with Crippen LogP contribution in [0.3, 0.4) is 0 Å². The van der Waals surface area contributed by atoms with Crippen LogP contribution in [0.5, 0.6) is 0 Å². The van der Waals surface area contributed by atoms with Gasteiger partial charge in [0.25, 0.3) is 11.8 Å². The Morgan fingerprint density at radius 1 is 0.561 bits per heavy atom. The van der Waals surface area contributed by atoms with E-state index in [9.17, 15) is 19.2 Å². The van der Waals surface area contributed by atoms with Crippen LogP contribution in [0.1, 0.15) is 62.3 Å². The molecule has 10 nitrogen and oxygen atoms in total. The van der Waals surface area contributed by atoms with Crippen molar-refractivity contribution in [2.45, 2.75) is 62.5 Å². The molecule has 0 saturated heterocycles. The van der Waals surface area contributed by atoms with E-state index in [1.165, 1.54) is 0 Å². The van der Waals surface area contributed by atoms with Gasteiger partial charge in [0.2, 0.25) is 0 Å². The second kappa shape index (κ2) is 16.2. The van der Waals surface area contributed by atoms with E-state index in [2.05, 4.69) is 21.3 Å². The third kappa shape index (κ3) is 14.7. The Morgan fingerprint density at radius 3 is 1.20 bits per heavy atom. The maximum Gasteiger partial charge on any atom is 0.407 e. The molecule has 4 amide bonds. The molecular formula is C29H40N4O6S2. The van der Waals surface area contributed by atoms with Crippen LogP contribution in [0.25, 0.3) is 0 Å². The molecule has 0 aliphatic heterocycles. The predicted octanol–water partition coefficient (Wildman–Crippen LogP) is 5.04. The van der Waals surface area contributed by atoms with Crippen molar-refractivity contribution in [1.29, 1.82) is 0 Å². The number of benzene rings is 2. The van der Waals surface area contributed by atoms with Crippen molar-refractivity contribution in [2.75, 3.05) is 31.3 Å². The molecule has 2 aromatic rings. The van der Waals surface area contributed by atoms with Crippen LogP contribution >= 0.6 is 23.5 Å². The SMILES string of the molecule is CC(C)(C)OC(=O)NCCNC(=O)c1ccc(SCSc2ccc(C(=O)NCCNC(=O)OC(C)(C)C)cc2)cc1. The lowest BCUT2D eigenvalue weighted by Gasteiger charge is -2.19. The molecule has 0 bridgehead atoms. The van der Waals surface area contributed by atoms with Crippen molar-refractivity contribution < 1.29 is 28.7 Å². The summed E-state index contributed by atoms with van der Waals surface area (Å²) in [5.74, 6) is -0.435. The largest absolute Gasteiger partial charge is 0.444 e. The number of amides is 4. The lowest BCUT2D eigenvalue weighted by molar-refractivity contribution is 0.0516. The number of thioether (sulfide) groups is 2. The minimum atomic E-state index is -0.570. The van der Waals surface area contributed by atoms with Gasteiger partial charge in [-0.3, -0.25) is 9.59 Å². The molecule has 0 aliphatic carbocycles. The van der Waals surface area contributed by atoms with Crippen molar-refractivity contribution in [2.24, 2.45) is 0 Å². The molecule has 2 rings (SSSR count). The van der Waals surface area contributed by atoms with Gasteiger partial charge in [0.05, 0.1) is 0 Å². The average molecular weight is 605 g/mol. The molecule has 4 N–H and O–H groups in total. The Hall–Kier alpha value is -3.38. The number of ether oxygens (including phenoxy) is 2. The highest BCUT2D eigenvalue weighted by Gasteiger charge is 2.16. The number of alkyl carbamates (subject to hydrolysis) is 2. The highest BCUT2D eigenvalue weighted by molar-refractivity contribution is 8.16. The Balaban J connectivity index is 1.66. The van der Waals surface area contributed by atoms with E-state index in [1.54, 1.807) is 89.3 Å². The molecule has 0 spiro atoms. The lowest BCUT2D eigenvalue weighted by atomic mass is 10.2. The summed E-state index contributed by atoms with van der Waals surface area (Å²) in [6.45, 7) is 11.8. The Bertz CT molecular complexity index is 1070. The summed E-state index contributed by atoms with van der Waals surface area (Å²) in [6, 6.07) is 14.6. The molecule has 0 heterocycles. The third-order valence-corrected chi connectivity index (χ3v) is 7.00. The molecule has 0 atom stereocenters. The molecule has 0 saturated carbocycles. The molecule has 0 radical (unpaired) electrons. The fraction of sp³-hybridized carbons (Fsp3) is 0.448. The molecule has 0 unspecified atom stereocenters. The quantitative estimate of drug-likeness (QED) is 0.150. The maximum atomic E-state index is 12.3. The fourth-order valence-electron chi connectivity index (χ4n) is 3.08. The Labute approximate surface area is 250 Å². The first-order valence-electron chi connectivity index (χ1n) is 13.2. The zero-order valence-electron chi connectivity index (χ0n) is 24.4. The molecule has 41 heavy (non-hydrogen) atoms. The number of rotatable bonds is 12. The number of nitrogens with one attached hydrogen (secondary N) is 4. The van der Waals surface area contributed by atoms with Gasteiger partial charge in [-0.05, 0) is 90.1 Å². The second-order valence-electron chi connectivity index (χ2n) is 10.8. The summed E-state index contributed by atoms with van der Waals surface area (Å²) in [5, 5.41) is 11.5. The van der Waals surface area contributed by atoms with E-state index in [-0.39, 0.29) is 38.0 Å². The zero-order chi connectivity index (χ0) is 30.5. The van der Waals surface area contributed by atoms with Gasteiger partial charge in [0, 0.05) is 52.2 Å². The van der Waals surface area contributed by atoms with Crippen LogP contribution in [-0.2, 0) is 9.47 Å². The smallest absolute Gasteiger partial charge is 0.407 e. The average Bonchev–Trinajstić information content (AvgIpc) is 2.87. The summed E-state index contributed by atoms with van der Waals surface area (Å²) >= 11 is 3.28. The van der Waals surface area contributed by atoms with Crippen LogP contribution in [0.4, 0.5) is 9.59 Å². The van der Waals surface area contributed by atoms with Crippen LogP contribution in [0, 0.1) is 0 Å². The first kappa shape index (κ1) is 33.8. The fourth-order valence-corrected chi connectivity index (χ4v) is 5.07. The van der Waals surface area contributed by atoms with Gasteiger partial charge in [-0.15, -0.1) is 23.5 Å². The Morgan fingerprint density at radius 2 is 0.878 bits per heavy atom. The van der Waals surface area contributed by atoms with E-state index in [0.717, 1.165) is 14.9 Å². The normalized spacial score (nSPS) is 11.3. The van der Waals surface area contributed by atoms with Crippen LogP contribution < -0.4 is 21.3 Å². The van der Waals surface area contributed by atoms with Crippen LogP contribution in [0.2, 0.25) is 0 Å². The van der Waals surface area contributed by atoms with E-state index < -0.39 is 23.4 Å². The Kier molecular flexibility index (Phi) is 13.3. The van der Waals surface area contributed by atoms with E-state index in [4.69, 9.17) is 9.47 Å². The van der Waals surface area contributed by atoms with Crippen molar-refractivity contribution in [3.05, 3.63) is 59.7 Å². The summed E-state index contributed by atoms with van der Waals surface area (Å²) < 4.78 is 10.3. The third-order valence-electron chi connectivity index (χ3n) is 4.84. The topological polar surface area (TPSA) is 135 Å². The van der Waals surface area contributed by atoms with Crippen LogP contribution in [0.15, 0.2) is 58.3 Å². The summed E-state index contributed by atoms with van der Waals surface area (Å²) in [5.41, 5.74) is -0.0673. The summed E-state index contributed by atoms with van der Waals surface area (Å²) in [4.78, 5) is 50.0. The minimum Gasteiger partial charge on any atom is -0.444 e. The van der Waals surface area contributed by atoms with Crippen molar-refractivity contribution in [1.82, 2.24) is 21.3 Å². The molecule has 224 valence electrons. The molecule has 0 fully saturated rings.